The van der Waals surface area contributed by atoms with E-state index in [1.54, 1.807) is 18.3 Å². The number of carbonyl (C=O) groups excluding carboxylic acids is 1. The Balaban J connectivity index is 1.30. The molecule has 11 heteroatoms. The Bertz CT molecular complexity index is 1370. The summed E-state index contributed by atoms with van der Waals surface area (Å²) in [5.41, 5.74) is 8.81. The molecule has 3 atom stereocenters. The average Bonchev–Trinajstić information content (AvgIpc) is 3.39. The van der Waals surface area contributed by atoms with Crippen molar-refractivity contribution in [2.45, 2.75) is 50.3 Å². The molecule has 3 N–H and O–H groups in total. The summed E-state index contributed by atoms with van der Waals surface area (Å²) in [4.78, 5) is 32.0. The molecule has 4 aromatic rings. The van der Waals surface area contributed by atoms with Crippen molar-refractivity contribution in [2.75, 3.05) is 12.8 Å². The van der Waals surface area contributed by atoms with E-state index in [4.69, 9.17) is 17.3 Å². The van der Waals surface area contributed by atoms with E-state index in [1.165, 1.54) is 6.33 Å². The van der Waals surface area contributed by atoms with Crippen LogP contribution in [0, 0.1) is 0 Å². The van der Waals surface area contributed by atoms with Crippen LogP contribution in [-0.4, -0.2) is 64.2 Å². The van der Waals surface area contributed by atoms with E-state index in [0.717, 1.165) is 36.1 Å². The third kappa shape index (κ3) is 3.86. The van der Waals surface area contributed by atoms with Crippen molar-refractivity contribution in [2.24, 2.45) is 7.05 Å². The van der Waals surface area contributed by atoms with Crippen LogP contribution in [0.2, 0.25) is 5.02 Å². The summed E-state index contributed by atoms with van der Waals surface area (Å²) in [6.45, 7) is 0. The summed E-state index contributed by atoms with van der Waals surface area (Å²) in [5.74, 6) is 1.10. The summed E-state index contributed by atoms with van der Waals surface area (Å²) in [6, 6.07) is 5.03. The molecule has 5 rings (SSSR count). The second kappa shape index (κ2) is 8.84. The number of amides is 1. The second-order valence-corrected chi connectivity index (χ2v) is 9.30. The lowest BCUT2D eigenvalue weighted by molar-refractivity contribution is -0.136. The van der Waals surface area contributed by atoms with E-state index in [-0.39, 0.29) is 18.0 Å². The predicted molar refractivity (Wildman–Crippen MR) is 129 cm³/mol. The van der Waals surface area contributed by atoms with Crippen LogP contribution in [0.5, 0.6) is 0 Å². The molecular formula is C23H27ClN8O2. The van der Waals surface area contributed by atoms with Crippen LogP contribution in [0.4, 0.5) is 5.82 Å². The number of imidazole rings is 2. The maximum atomic E-state index is 13.1. The molecule has 3 heterocycles. The molecule has 0 bridgehead atoms. The molecule has 178 valence electrons. The number of benzene rings is 1. The summed E-state index contributed by atoms with van der Waals surface area (Å²) in [6.07, 6.45) is 5.45. The third-order valence-electron chi connectivity index (χ3n) is 6.92. The SMILES string of the molecule is CN(C(=O)CCc1nc2cc(Cl)ccc2n1C)[C@H]1CCC[C@H](n2cnc3c(N)ncnc32)[C@H]1O. The Hall–Kier alpha value is -3.24. The van der Waals surface area contributed by atoms with E-state index >= 15 is 0 Å². The maximum Gasteiger partial charge on any atom is 0.223 e. The normalized spacial score (nSPS) is 20.8. The lowest BCUT2D eigenvalue weighted by Gasteiger charge is -2.40. The van der Waals surface area contributed by atoms with Crippen LogP contribution in [0.3, 0.4) is 0 Å². The highest BCUT2D eigenvalue weighted by molar-refractivity contribution is 6.31. The van der Waals surface area contributed by atoms with Gasteiger partial charge >= 0.3 is 0 Å². The molecule has 10 nitrogen and oxygen atoms in total. The third-order valence-corrected chi connectivity index (χ3v) is 7.16. The number of likely N-dealkylation sites (N-methyl/N-ethyl adjacent to an activating group) is 1. The highest BCUT2D eigenvalue weighted by Gasteiger charge is 2.37. The van der Waals surface area contributed by atoms with Gasteiger partial charge in [-0.25, -0.2) is 19.9 Å². The largest absolute Gasteiger partial charge is 0.389 e. The number of aryl methyl sites for hydroxylation is 2. The molecule has 0 unspecified atom stereocenters. The van der Waals surface area contributed by atoms with Gasteiger partial charge in [0.2, 0.25) is 5.91 Å². The van der Waals surface area contributed by atoms with Gasteiger partial charge in [0, 0.05) is 32.0 Å². The molecule has 1 fully saturated rings. The number of aromatic nitrogens is 6. The maximum absolute atomic E-state index is 13.1. The number of nitrogen functional groups attached to an aromatic ring is 1. The van der Waals surface area contributed by atoms with Gasteiger partial charge in [-0.15, -0.1) is 0 Å². The number of anilines is 1. The van der Waals surface area contributed by atoms with Gasteiger partial charge in [-0.1, -0.05) is 11.6 Å². The van der Waals surface area contributed by atoms with Crippen molar-refractivity contribution in [3.8, 4) is 0 Å². The predicted octanol–water partition coefficient (Wildman–Crippen LogP) is 2.49. The van der Waals surface area contributed by atoms with Gasteiger partial charge in [-0.2, -0.15) is 0 Å². The zero-order valence-corrected chi connectivity index (χ0v) is 19.9. The Morgan fingerprint density at radius 1 is 1.29 bits per heavy atom. The number of aliphatic hydroxyl groups excluding tert-OH is 1. The average molecular weight is 483 g/mol. The van der Waals surface area contributed by atoms with E-state index < -0.39 is 6.10 Å². The summed E-state index contributed by atoms with van der Waals surface area (Å²) in [7, 11) is 3.70. The fraction of sp³-hybridized carbons (Fsp3) is 0.435. The Kier molecular flexibility index (Phi) is 5.86. The molecule has 0 saturated heterocycles. The number of carbonyl (C=O) groups is 1. The molecule has 1 aliphatic rings. The van der Waals surface area contributed by atoms with Crippen LogP contribution < -0.4 is 5.73 Å². The van der Waals surface area contributed by atoms with Gasteiger partial charge in [0.1, 0.15) is 17.7 Å². The molecular weight excluding hydrogens is 456 g/mol. The molecule has 1 aliphatic carbocycles. The first-order valence-electron chi connectivity index (χ1n) is 11.3. The highest BCUT2D eigenvalue weighted by atomic mass is 35.5. The zero-order chi connectivity index (χ0) is 24.0. The van der Waals surface area contributed by atoms with Crippen molar-refractivity contribution < 1.29 is 9.90 Å². The fourth-order valence-electron chi connectivity index (χ4n) is 5.00. The van der Waals surface area contributed by atoms with E-state index in [0.29, 0.717) is 34.8 Å². The van der Waals surface area contributed by atoms with Gasteiger partial charge in [-0.05, 0) is 37.5 Å². The Labute approximate surface area is 201 Å². The van der Waals surface area contributed by atoms with Gasteiger partial charge in [0.25, 0.3) is 0 Å². The van der Waals surface area contributed by atoms with Gasteiger partial charge in [-0.3, -0.25) is 4.79 Å². The highest BCUT2D eigenvalue weighted by Crippen LogP contribution is 2.34. The van der Waals surface area contributed by atoms with E-state index in [1.807, 2.05) is 34.4 Å². The number of rotatable bonds is 5. The Morgan fingerprint density at radius 3 is 2.94 bits per heavy atom. The molecule has 1 aromatic carbocycles. The number of fused-ring (bicyclic) bond motifs is 2. The number of nitrogens with zero attached hydrogens (tertiary/aromatic N) is 7. The van der Waals surface area contributed by atoms with Crippen LogP contribution >= 0.6 is 11.6 Å². The minimum absolute atomic E-state index is 0.0307. The monoisotopic (exact) mass is 482 g/mol. The second-order valence-electron chi connectivity index (χ2n) is 8.86. The van der Waals surface area contributed by atoms with E-state index in [9.17, 15) is 9.90 Å². The first kappa shape index (κ1) is 22.5. The number of halogens is 1. The van der Waals surface area contributed by atoms with Crippen molar-refractivity contribution in [3.63, 3.8) is 0 Å². The topological polar surface area (TPSA) is 128 Å². The standard InChI is InChI=1S/C23H27ClN8O2/c1-30-15-7-6-13(24)10-14(15)29-18(30)8-9-19(33)31(2)16-4-3-5-17(21(16)34)32-12-28-20-22(25)26-11-27-23(20)32/h6-7,10-12,16-17,21,34H,3-5,8-9H2,1-2H3,(H2,25,26,27)/t16-,17-,21-/m0/s1. The number of hydrogen-bond donors (Lipinski definition) is 2. The molecule has 0 aliphatic heterocycles. The van der Waals surface area contributed by atoms with Crippen molar-refractivity contribution in [3.05, 3.63) is 41.7 Å². The molecule has 1 saturated carbocycles. The van der Waals surface area contributed by atoms with Crippen LogP contribution in [-0.2, 0) is 18.3 Å². The molecule has 0 spiro atoms. The Morgan fingerprint density at radius 2 is 2.12 bits per heavy atom. The number of hydrogen-bond acceptors (Lipinski definition) is 7. The summed E-state index contributed by atoms with van der Waals surface area (Å²) >= 11 is 6.09. The van der Waals surface area contributed by atoms with Crippen LogP contribution in [0.25, 0.3) is 22.2 Å². The van der Waals surface area contributed by atoms with Crippen LogP contribution in [0.15, 0.2) is 30.9 Å². The smallest absolute Gasteiger partial charge is 0.223 e. The van der Waals surface area contributed by atoms with Gasteiger partial charge < -0.3 is 24.9 Å². The lowest BCUT2D eigenvalue weighted by atomic mass is 9.87. The zero-order valence-electron chi connectivity index (χ0n) is 19.1. The molecule has 3 aromatic heterocycles. The molecule has 34 heavy (non-hydrogen) atoms. The van der Waals surface area contributed by atoms with Gasteiger partial charge in [0.15, 0.2) is 11.5 Å². The molecule has 1 amide bonds. The lowest BCUT2D eigenvalue weighted by Crippen LogP contribution is -2.50. The quantitative estimate of drug-likeness (QED) is 0.447. The minimum atomic E-state index is -0.755. The minimum Gasteiger partial charge on any atom is -0.389 e. The fourth-order valence-corrected chi connectivity index (χ4v) is 5.17. The first-order chi connectivity index (χ1) is 16.3. The number of nitrogens with two attached hydrogens (primary N) is 1. The summed E-state index contributed by atoms with van der Waals surface area (Å²) < 4.78 is 3.84. The molecule has 0 radical (unpaired) electrons. The van der Waals surface area contributed by atoms with E-state index in [2.05, 4.69) is 19.9 Å². The number of aliphatic hydroxyl groups is 1. The summed E-state index contributed by atoms with van der Waals surface area (Å²) in [5, 5.41) is 11.9. The van der Waals surface area contributed by atoms with Crippen LogP contribution in [0.1, 0.15) is 37.5 Å². The van der Waals surface area contributed by atoms with Crippen molar-refractivity contribution in [1.29, 1.82) is 0 Å². The van der Waals surface area contributed by atoms with Gasteiger partial charge in [0.05, 0.1) is 35.5 Å². The first-order valence-corrected chi connectivity index (χ1v) is 11.7. The van der Waals surface area contributed by atoms with Crippen molar-refractivity contribution in [1.82, 2.24) is 34.0 Å². The van der Waals surface area contributed by atoms with Crippen molar-refractivity contribution >= 4 is 45.5 Å².